The summed E-state index contributed by atoms with van der Waals surface area (Å²) in [5.74, 6) is -2.11. The highest BCUT2D eigenvalue weighted by Gasteiger charge is 2.42. The first-order valence-electron chi connectivity index (χ1n) is 4.02. The lowest BCUT2D eigenvalue weighted by molar-refractivity contribution is -0.199. The highest BCUT2D eigenvalue weighted by Crippen LogP contribution is 2.30. The maximum Gasteiger partial charge on any atom is 0.444 e. The van der Waals surface area contributed by atoms with Crippen LogP contribution in [0.1, 0.15) is 10.4 Å². The standard InChI is InChI=1S/C9H6ClF3O3/c10-8(11)9(12,13)16-6-4-2-1-3-5(6)7(14)15/h1-4,8H,(H,14,15)/t8-/m1/s1. The Morgan fingerprint density at radius 1 is 1.44 bits per heavy atom. The van der Waals surface area contributed by atoms with Gasteiger partial charge in [0.05, 0.1) is 0 Å². The highest BCUT2D eigenvalue weighted by atomic mass is 35.5. The smallest absolute Gasteiger partial charge is 0.444 e. The van der Waals surface area contributed by atoms with Gasteiger partial charge in [-0.2, -0.15) is 8.78 Å². The maximum absolute atomic E-state index is 12.8. The van der Waals surface area contributed by atoms with Crippen molar-refractivity contribution in [3.63, 3.8) is 0 Å². The Balaban J connectivity index is 3.02. The summed E-state index contributed by atoms with van der Waals surface area (Å²) < 4.78 is 41.7. The topological polar surface area (TPSA) is 46.5 Å². The molecule has 1 N–H and O–H groups in total. The molecule has 0 radical (unpaired) electrons. The van der Waals surface area contributed by atoms with E-state index in [2.05, 4.69) is 16.3 Å². The Hall–Kier alpha value is -1.43. The fourth-order valence-corrected chi connectivity index (χ4v) is 0.968. The molecule has 0 aliphatic heterocycles. The molecular formula is C9H6ClF3O3. The summed E-state index contributed by atoms with van der Waals surface area (Å²) in [4.78, 5) is 10.6. The van der Waals surface area contributed by atoms with E-state index in [0.29, 0.717) is 0 Å². The van der Waals surface area contributed by atoms with Gasteiger partial charge in [-0.05, 0) is 12.1 Å². The third-order valence-electron chi connectivity index (χ3n) is 1.62. The number of alkyl halides is 4. The zero-order valence-corrected chi connectivity index (χ0v) is 8.42. The normalized spacial score (nSPS) is 13.2. The lowest BCUT2D eigenvalue weighted by Crippen LogP contribution is -2.33. The molecule has 88 valence electrons. The molecule has 0 aliphatic carbocycles. The van der Waals surface area contributed by atoms with Crippen molar-refractivity contribution in [2.75, 3.05) is 0 Å². The van der Waals surface area contributed by atoms with Crippen molar-refractivity contribution in [1.82, 2.24) is 0 Å². The minimum Gasteiger partial charge on any atom is -0.478 e. The average molecular weight is 255 g/mol. The molecule has 0 amide bonds. The Labute approximate surface area is 93.4 Å². The molecular weight excluding hydrogens is 249 g/mol. The first-order chi connectivity index (χ1) is 7.34. The second kappa shape index (κ2) is 4.61. The van der Waals surface area contributed by atoms with Gasteiger partial charge in [-0.15, -0.1) is 0 Å². The third kappa shape index (κ3) is 2.79. The van der Waals surface area contributed by atoms with Crippen molar-refractivity contribution >= 4 is 17.6 Å². The quantitative estimate of drug-likeness (QED) is 0.841. The van der Waals surface area contributed by atoms with Crippen LogP contribution in [0.25, 0.3) is 0 Å². The van der Waals surface area contributed by atoms with Crippen LogP contribution >= 0.6 is 11.6 Å². The number of para-hydroxylation sites is 1. The van der Waals surface area contributed by atoms with Gasteiger partial charge in [0.15, 0.2) is 0 Å². The van der Waals surface area contributed by atoms with Crippen LogP contribution in [0.2, 0.25) is 0 Å². The van der Waals surface area contributed by atoms with E-state index >= 15 is 0 Å². The molecule has 16 heavy (non-hydrogen) atoms. The predicted molar refractivity (Wildman–Crippen MR) is 49.7 cm³/mol. The minimum atomic E-state index is -4.28. The van der Waals surface area contributed by atoms with Crippen LogP contribution in [0.3, 0.4) is 0 Å². The van der Waals surface area contributed by atoms with Crippen molar-refractivity contribution in [3.8, 4) is 5.75 Å². The third-order valence-corrected chi connectivity index (χ3v) is 1.87. The van der Waals surface area contributed by atoms with E-state index < -0.39 is 29.0 Å². The van der Waals surface area contributed by atoms with Crippen LogP contribution in [0.5, 0.6) is 5.75 Å². The van der Waals surface area contributed by atoms with Gasteiger partial charge in [-0.1, -0.05) is 23.7 Å². The monoisotopic (exact) mass is 254 g/mol. The van der Waals surface area contributed by atoms with Gasteiger partial charge >= 0.3 is 12.1 Å². The molecule has 0 saturated carbocycles. The van der Waals surface area contributed by atoms with Gasteiger partial charge in [0.25, 0.3) is 5.63 Å². The molecule has 1 atom stereocenters. The van der Waals surface area contributed by atoms with Crippen molar-refractivity contribution < 1.29 is 27.8 Å². The van der Waals surface area contributed by atoms with E-state index in [1.54, 1.807) is 0 Å². The SMILES string of the molecule is O=C(O)c1ccccc1OC(F)(F)[C@@H](F)Cl. The molecule has 0 saturated heterocycles. The summed E-state index contributed by atoms with van der Waals surface area (Å²) in [5.41, 5.74) is -3.56. The number of halogens is 4. The van der Waals surface area contributed by atoms with Crippen molar-refractivity contribution in [3.05, 3.63) is 29.8 Å². The molecule has 7 heteroatoms. The fraction of sp³-hybridized carbons (Fsp3) is 0.222. The number of hydrogen-bond acceptors (Lipinski definition) is 2. The molecule has 0 aliphatic rings. The van der Waals surface area contributed by atoms with E-state index in [9.17, 15) is 18.0 Å². The number of carboxylic acid groups (broad SMARTS) is 1. The van der Waals surface area contributed by atoms with Gasteiger partial charge in [0, 0.05) is 0 Å². The highest BCUT2D eigenvalue weighted by molar-refractivity contribution is 6.20. The maximum atomic E-state index is 12.8. The van der Waals surface area contributed by atoms with Crippen LogP contribution in [-0.2, 0) is 0 Å². The molecule has 0 heterocycles. The van der Waals surface area contributed by atoms with Crippen LogP contribution in [0.4, 0.5) is 13.2 Å². The minimum absolute atomic E-state index is 0.500. The zero-order valence-electron chi connectivity index (χ0n) is 7.66. The molecule has 1 aromatic rings. The lowest BCUT2D eigenvalue weighted by atomic mass is 10.2. The fourth-order valence-electron chi connectivity index (χ4n) is 0.923. The Bertz CT molecular complexity index is 395. The molecule has 0 fully saturated rings. The first-order valence-corrected chi connectivity index (χ1v) is 4.45. The summed E-state index contributed by atoms with van der Waals surface area (Å²) in [5, 5.41) is 8.65. The molecule has 3 nitrogen and oxygen atoms in total. The molecule has 0 unspecified atom stereocenters. The van der Waals surface area contributed by atoms with Crippen molar-refractivity contribution in [2.45, 2.75) is 11.7 Å². The van der Waals surface area contributed by atoms with Gasteiger partial charge < -0.3 is 9.84 Å². The number of carbonyl (C=O) groups is 1. The number of hydrogen-bond donors (Lipinski definition) is 1. The van der Waals surface area contributed by atoms with Crippen LogP contribution in [0, 0.1) is 0 Å². The average Bonchev–Trinajstić information content (AvgIpc) is 2.17. The second-order valence-electron chi connectivity index (χ2n) is 2.77. The second-order valence-corrected chi connectivity index (χ2v) is 3.15. The predicted octanol–water partition coefficient (Wildman–Crippen LogP) is 2.89. The molecule has 0 aromatic heterocycles. The van der Waals surface area contributed by atoms with Gasteiger partial charge in [-0.3, -0.25) is 0 Å². The summed E-state index contributed by atoms with van der Waals surface area (Å²) >= 11 is 4.56. The van der Waals surface area contributed by atoms with Crippen molar-refractivity contribution in [2.24, 2.45) is 0 Å². The largest absolute Gasteiger partial charge is 0.478 e. The lowest BCUT2D eigenvalue weighted by Gasteiger charge is -2.18. The Morgan fingerprint density at radius 2 is 2.00 bits per heavy atom. The Morgan fingerprint density at radius 3 is 2.50 bits per heavy atom. The summed E-state index contributed by atoms with van der Waals surface area (Å²) in [7, 11) is 0. The first kappa shape index (κ1) is 12.6. The summed E-state index contributed by atoms with van der Waals surface area (Å²) in [6, 6.07) is 4.63. The molecule has 0 bridgehead atoms. The van der Waals surface area contributed by atoms with Crippen LogP contribution in [0.15, 0.2) is 24.3 Å². The van der Waals surface area contributed by atoms with Crippen LogP contribution in [-0.4, -0.2) is 22.8 Å². The molecule has 1 aromatic carbocycles. The van der Waals surface area contributed by atoms with E-state index in [4.69, 9.17) is 5.11 Å². The van der Waals surface area contributed by atoms with E-state index in [-0.39, 0.29) is 0 Å². The van der Waals surface area contributed by atoms with Crippen molar-refractivity contribution in [1.29, 1.82) is 0 Å². The van der Waals surface area contributed by atoms with Gasteiger partial charge in [-0.25, -0.2) is 9.18 Å². The zero-order chi connectivity index (χ0) is 12.3. The number of benzene rings is 1. The van der Waals surface area contributed by atoms with Crippen LogP contribution < -0.4 is 4.74 Å². The van der Waals surface area contributed by atoms with E-state index in [1.807, 2.05) is 0 Å². The summed E-state index contributed by atoms with van der Waals surface area (Å²) in [6.07, 6.45) is -4.28. The summed E-state index contributed by atoms with van der Waals surface area (Å²) in [6.45, 7) is 0. The molecule has 0 spiro atoms. The number of aromatic carboxylic acids is 1. The van der Waals surface area contributed by atoms with E-state index in [0.717, 1.165) is 12.1 Å². The van der Waals surface area contributed by atoms with Gasteiger partial charge in [0.1, 0.15) is 11.3 Å². The number of carboxylic acids is 1. The van der Waals surface area contributed by atoms with Gasteiger partial charge in [0.2, 0.25) is 0 Å². The number of ether oxygens (including phenoxy) is 1. The van der Waals surface area contributed by atoms with E-state index in [1.165, 1.54) is 12.1 Å². The Kier molecular flexibility index (Phi) is 3.64. The molecule has 1 rings (SSSR count). The number of rotatable bonds is 4.